The van der Waals surface area contributed by atoms with Crippen molar-refractivity contribution in [1.29, 1.82) is 0 Å². The third-order valence-corrected chi connectivity index (χ3v) is 14.3. The lowest BCUT2D eigenvalue weighted by Crippen LogP contribution is -2.16. The van der Waals surface area contributed by atoms with Crippen molar-refractivity contribution >= 4 is 60.5 Å². The molecule has 1 heterocycles. The molecule has 1 aromatic heterocycles. The predicted molar refractivity (Wildman–Crippen MR) is 283 cm³/mol. The molecule has 12 aromatic rings. The molecule has 0 bridgehead atoms. The second-order valence-electron chi connectivity index (χ2n) is 18.5. The summed E-state index contributed by atoms with van der Waals surface area (Å²) in [6, 6.07) is 86.5. The quantitative estimate of drug-likeness (QED) is 0.149. The topological polar surface area (TPSA) is 16.4 Å². The molecule has 0 aliphatic heterocycles. The van der Waals surface area contributed by atoms with Crippen LogP contribution in [0.15, 0.2) is 241 Å². The molecule has 1 aliphatic rings. The molecular formula is C65H45NO. The molecule has 0 N–H and O–H groups in total. The minimum atomic E-state index is -0.188. The molecule has 0 unspecified atom stereocenters. The Kier molecular flexibility index (Phi) is 8.91. The van der Waals surface area contributed by atoms with Crippen molar-refractivity contribution in [2.24, 2.45) is 0 Å². The van der Waals surface area contributed by atoms with Crippen LogP contribution in [0.3, 0.4) is 0 Å². The minimum absolute atomic E-state index is 0.188. The zero-order valence-electron chi connectivity index (χ0n) is 37.4. The van der Waals surface area contributed by atoms with Gasteiger partial charge in [-0.05, 0) is 155 Å². The van der Waals surface area contributed by atoms with Crippen molar-refractivity contribution in [3.05, 3.63) is 248 Å². The van der Waals surface area contributed by atoms with Crippen LogP contribution < -0.4 is 4.90 Å². The SMILES string of the molecule is CC1(C)c2cc(-c3ccccc3)ccc2-c2ccc(N(c3ccc(-c4ccc(-c5ccc6oc7ccccc7c6c5)cc4)cc3)c3ccc(-c4cc5ccccc5c5ccccc45)cc3)cc21. The Morgan fingerprint density at radius 2 is 0.776 bits per heavy atom. The highest BCUT2D eigenvalue weighted by Gasteiger charge is 2.36. The second-order valence-corrected chi connectivity index (χ2v) is 18.5. The summed E-state index contributed by atoms with van der Waals surface area (Å²) in [5, 5.41) is 7.35. The summed E-state index contributed by atoms with van der Waals surface area (Å²) >= 11 is 0. The number of para-hydroxylation sites is 1. The van der Waals surface area contributed by atoms with Gasteiger partial charge in [-0.3, -0.25) is 0 Å². The first-order valence-electron chi connectivity index (χ1n) is 23.2. The average molecular weight is 856 g/mol. The van der Waals surface area contributed by atoms with E-state index in [-0.39, 0.29) is 5.41 Å². The van der Waals surface area contributed by atoms with Crippen LogP contribution in [0.5, 0.6) is 0 Å². The van der Waals surface area contributed by atoms with Crippen molar-refractivity contribution < 1.29 is 4.42 Å². The van der Waals surface area contributed by atoms with E-state index in [4.69, 9.17) is 4.42 Å². The van der Waals surface area contributed by atoms with Crippen LogP contribution in [0.4, 0.5) is 17.1 Å². The Morgan fingerprint density at radius 1 is 0.299 bits per heavy atom. The van der Waals surface area contributed by atoms with E-state index in [1.807, 2.05) is 12.1 Å². The minimum Gasteiger partial charge on any atom is -0.456 e. The van der Waals surface area contributed by atoms with Gasteiger partial charge >= 0.3 is 0 Å². The summed E-state index contributed by atoms with van der Waals surface area (Å²) in [7, 11) is 0. The van der Waals surface area contributed by atoms with E-state index in [0.29, 0.717) is 0 Å². The summed E-state index contributed by atoms with van der Waals surface area (Å²) < 4.78 is 6.11. The summed E-state index contributed by atoms with van der Waals surface area (Å²) in [4.78, 5) is 2.42. The number of benzene rings is 11. The normalized spacial score (nSPS) is 12.7. The van der Waals surface area contributed by atoms with Gasteiger partial charge in [0.15, 0.2) is 0 Å². The largest absolute Gasteiger partial charge is 0.456 e. The lowest BCUT2D eigenvalue weighted by atomic mass is 9.81. The van der Waals surface area contributed by atoms with Gasteiger partial charge in [0.2, 0.25) is 0 Å². The van der Waals surface area contributed by atoms with Crippen molar-refractivity contribution in [1.82, 2.24) is 0 Å². The molecule has 1 aliphatic carbocycles. The van der Waals surface area contributed by atoms with E-state index in [9.17, 15) is 0 Å². The Labute approximate surface area is 390 Å². The number of furan rings is 1. The van der Waals surface area contributed by atoms with Crippen molar-refractivity contribution in [2.45, 2.75) is 19.3 Å². The standard InChI is InChI=1S/C65H45NO/c1-65(2)61-40-48(42-12-4-3-5-13-42)28-35-56(61)57-36-34-52(41-62(57)65)66(51-32-26-46(27-33-51)59-39-49-14-6-7-15-53(49)54-16-8-9-17-55(54)59)50-30-24-44(25-31-50)43-20-22-45(23-21-43)47-29-37-64-60(38-47)58-18-10-11-19-63(58)67-64/h3-41H,1-2H3. The van der Waals surface area contributed by atoms with E-state index in [1.54, 1.807) is 0 Å². The van der Waals surface area contributed by atoms with E-state index in [2.05, 4.69) is 243 Å². The zero-order valence-corrected chi connectivity index (χ0v) is 37.4. The maximum absolute atomic E-state index is 6.11. The van der Waals surface area contributed by atoms with E-state index < -0.39 is 0 Å². The number of nitrogens with zero attached hydrogens (tertiary/aromatic N) is 1. The Balaban J connectivity index is 0.877. The van der Waals surface area contributed by atoms with Crippen molar-refractivity contribution in [3.63, 3.8) is 0 Å². The molecule has 0 atom stereocenters. The van der Waals surface area contributed by atoms with Gasteiger partial charge in [0.25, 0.3) is 0 Å². The number of anilines is 3. The van der Waals surface area contributed by atoms with Crippen molar-refractivity contribution in [3.8, 4) is 55.6 Å². The molecule has 0 saturated heterocycles. The summed E-state index contributed by atoms with van der Waals surface area (Å²) in [6.07, 6.45) is 0. The highest BCUT2D eigenvalue weighted by Crippen LogP contribution is 2.52. The molecule has 13 rings (SSSR count). The highest BCUT2D eigenvalue weighted by atomic mass is 16.3. The van der Waals surface area contributed by atoms with Crippen LogP contribution in [0.1, 0.15) is 25.0 Å². The molecule has 316 valence electrons. The molecule has 2 heteroatoms. The third kappa shape index (κ3) is 6.48. The molecule has 0 fully saturated rings. The van der Waals surface area contributed by atoms with Crippen LogP contribution in [-0.4, -0.2) is 0 Å². The summed E-state index contributed by atoms with van der Waals surface area (Å²) in [5.41, 5.74) is 19.9. The molecule has 0 amide bonds. The molecule has 0 spiro atoms. The molecule has 0 saturated carbocycles. The van der Waals surface area contributed by atoms with E-state index in [0.717, 1.165) is 39.0 Å². The molecule has 2 nitrogen and oxygen atoms in total. The van der Waals surface area contributed by atoms with Crippen molar-refractivity contribution in [2.75, 3.05) is 4.90 Å². The average Bonchev–Trinajstić information content (AvgIpc) is 3.87. The first-order valence-corrected chi connectivity index (χ1v) is 23.2. The van der Waals surface area contributed by atoms with Gasteiger partial charge in [-0.25, -0.2) is 0 Å². The molecule has 67 heavy (non-hydrogen) atoms. The van der Waals surface area contributed by atoms with E-state index in [1.165, 1.54) is 88.3 Å². The molecular weight excluding hydrogens is 811 g/mol. The number of hydrogen-bond donors (Lipinski definition) is 0. The van der Waals surface area contributed by atoms with Gasteiger partial charge < -0.3 is 9.32 Å². The van der Waals surface area contributed by atoms with Crippen LogP contribution >= 0.6 is 0 Å². The monoisotopic (exact) mass is 855 g/mol. The van der Waals surface area contributed by atoms with Crippen LogP contribution in [0, 0.1) is 0 Å². The van der Waals surface area contributed by atoms with Gasteiger partial charge in [0, 0.05) is 33.2 Å². The fraction of sp³-hybridized carbons (Fsp3) is 0.0462. The van der Waals surface area contributed by atoms with Crippen LogP contribution in [0.25, 0.3) is 99.1 Å². The van der Waals surface area contributed by atoms with Gasteiger partial charge in [-0.1, -0.05) is 184 Å². The lowest BCUT2D eigenvalue weighted by molar-refractivity contribution is 0.660. The predicted octanol–water partition coefficient (Wildman–Crippen LogP) is 18.3. The number of fused-ring (bicyclic) bond motifs is 9. The van der Waals surface area contributed by atoms with Crippen LogP contribution in [-0.2, 0) is 5.41 Å². The lowest BCUT2D eigenvalue weighted by Gasteiger charge is -2.28. The Morgan fingerprint density at radius 3 is 1.51 bits per heavy atom. The smallest absolute Gasteiger partial charge is 0.135 e. The number of hydrogen-bond acceptors (Lipinski definition) is 2. The third-order valence-electron chi connectivity index (χ3n) is 14.3. The fourth-order valence-electron chi connectivity index (χ4n) is 10.8. The van der Waals surface area contributed by atoms with Gasteiger partial charge in [-0.2, -0.15) is 0 Å². The van der Waals surface area contributed by atoms with Gasteiger partial charge in [0.05, 0.1) is 0 Å². The summed E-state index contributed by atoms with van der Waals surface area (Å²) in [5.74, 6) is 0. The molecule has 0 radical (unpaired) electrons. The van der Waals surface area contributed by atoms with Gasteiger partial charge in [-0.15, -0.1) is 0 Å². The first kappa shape index (κ1) is 39.0. The second kappa shape index (κ2) is 15.3. The van der Waals surface area contributed by atoms with E-state index >= 15 is 0 Å². The zero-order chi connectivity index (χ0) is 44.6. The van der Waals surface area contributed by atoms with Crippen LogP contribution in [0.2, 0.25) is 0 Å². The Bertz CT molecular complexity index is 3860. The fourth-order valence-corrected chi connectivity index (χ4v) is 10.8. The maximum atomic E-state index is 6.11. The van der Waals surface area contributed by atoms with Gasteiger partial charge in [0.1, 0.15) is 11.2 Å². The number of rotatable bonds is 7. The highest BCUT2D eigenvalue weighted by molar-refractivity contribution is 6.14. The first-order chi connectivity index (χ1) is 32.9. The maximum Gasteiger partial charge on any atom is 0.135 e. The summed E-state index contributed by atoms with van der Waals surface area (Å²) in [6.45, 7) is 4.75. The molecule has 11 aromatic carbocycles. The Hall–Kier alpha value is -8.46.